The first-order valence-electron chi connectivity index (χ1n) is 2.27. The van der Waals surface area contributed by atoms with Crippen LogP contribution in [0.4, 0.5) is 0 Å². The van der Waals surface area contributed by atoms with Crippen LogP contribution in [0.2, 0.25) is 0 Å². The zero-order chi connectivity index (χ0) is 4.99. The topological polar surface area (TPSA) is 0 Å². The van der Waals surface area contributed by atoms with Gasteiger partial charge in [-0.2, -0.15) is 0 Å². The average molecular weight is 79.9 g/mol. The second kappa shape index (κ2) is 3.05. The van der Waals surface area contributed by atoms with Crippen LogP contribution in [0.3, 0.4) is 0 Å². The van der Waals surface area contributed by atoms with E-state index in [0.29, 0.717) is 5.92 Å². The Morgan fingerprint density at radius 3 is 2.33 bits per heavy atom. The van der Waals surface area contributed by atoms with Crippen LogP contribution >= 0.6 is 0 Å². The molecule has 0 aliphatic heterocycles. The van der Waals surface area contributed by atoms with Gasteiger partial charge in [0.05, 0.1) is 0 Å². The molecule has 0 aliphatic carbocycles. The summed E-state index contributed by atoms with van der Waals surface area (Å²) >= 11 is 0. The van der Waals surface area contributed by atoms with Crippen LogP contribution in [0.1, 0.15) is 20.3 Å². The fourth-order valence-corrected chi connectivity index (χ4v) is 0.118. The van der Waals surface area contributed by atoms with E-state index in [4.69, 9.17) is 7.33 Å². The van der Waals surface area contributed by atoms with E-state index < -0.39 is 0 Å². The summed E-state index contributed by atoms with van der Waals surface area (Å²) < 4.78 is 0. The molecule has 1 unspecified atom stereocenters. The second-order valence-corrected chi connectivity index (χ2v) is 1.48. The van der Waals surface area contributed by atoms with Gasteiger partial charge >= 0.3 is 39.3 Å². The van der Waals surface area contributed by atoms with Gasteiger partial charge in [0.25, 0.3) is 0 Å². The van der Waals surface area contributed by atoms with Crippen molar-refractivity contribution in [2.45, 2.75) is 20.3 Å². The number of hydrogen-bond acceptors (Lipinski definition) is 0. The van der Waals surface area contributed by atoms with Gasteiger partial charge in [0, 0.05) is 0 Å². The minimum absolute atomic E-state index is 0.463. The van der Waals surface area contributed by atoms with Crippen LogP contribution in [-0.2, 0) is 0 Å². The maximum absolute atomic E-state index is 5.03. The number of hydrogen-bond donors (Lipinski definition) is 0. The average Bonchev–Trinajstić information content (AvgIpc) is 1.65. The standard InChI is InChI=1S/C5H9B/c1-3-5(2)4-6/h5H,3H2,1-2H3. The SMILES string of the molecule is B#CC(C)CC. The molecule has 0 amide bonds. The van der Waals surface area contributed by atoms with Crippen LogP contribution in [0.15, 0.2) is 0 Å². The molecule has 1 heteroatoms. The Hall–Kier alpha value is -0.155. The zero-order valence-electron chi connectivity index (χ0n) is 4.36. The molecule has 0 saturated heterocycles. The molecular formula is C5H9B. The van der Waals surface area contributed by atoms with Gasteiger partial charge in [0.1, 0.15) is 0 Å². The Bertz CT molecular complexity index is 60.8. The third-order valence-corrected chi connectivity index (χ3v) is 0.897. The van der Waals surface area contributed by atoms with E-state index in [9.17, 15) is 0 Å². The summed E-state index contributed by atoms with van der Waals surface area (Å²) in [5, 5.41) is 0. The van der Waals surface area contributed by atoms with Crippen molar-refractivity contribution in [2.75, 3.05) is 0 Å². The molecule has 0 heterocycles. The quantitative estimate of drug-likeness (QED) is 0.414. The Kier molecular flexibility index (Phi) is 2.97. The van der Waals surface area contributed by atoms with E-state index in [0.717, 1.165) is 6.42 Å². The number of rotatable bonds is 1. The first kappa shape index (κ1) is 5.84. The molecule has 0 aromatic heterocycles. The third kappa shape index (κ3) is 2.11. The first-order valence-corrected chi connectivity index (χ1v) is 2.27. The molecule has 1 atom stereocenters. The Morgan fingerprint density at radius 1 is 1.83 bits per heavy atom. The normalized spacial score (nSPS) is 13.3. The van der Waals surface area contributed by atoms with Gasteiger partial charge < -0.3 is 0 Å². The molecule has 0 aliphatic rings. The second-order valence-electron chi connectivity index (χ2n) is 1.48. The minimum atomic E-state index is 0.463. The molecule has 0 bridgehead atoms. The van der Waals surface area contributed by atoms with E-state index >= 15 is 0 Å². The molecule has 0 aromatic carbocycles. The van der Waals surface area contributed by atoms with E-state index in [1.165, 1.54) is 0 Å². The summed E-state index contributed by atoms with van der Waals surface area (Å²) in [5.74, 6) is 3.08. The van der Waals surface area contributed by atoms with E-state index in [-0.39, 0.29) is 0 Å². The molecule has 0 rings (SSSR count). The Labute approximate surface area is 40.3 Å². The van der Waals surface area contributed by atoms with Crippen molar-refractivity contribution in [3.63, 3.8) is 0 Å². The zero-order valence-corrected chi connectivity index (χ0v) is 4.36. The molecule has 0 aromatic rings. The van der Waals surface area contributed by atoms with Crippen molar-refractivity contribution in [3.05, 3.63) is 0 Å². The van der Waals surface area contributed by atoms with Crippen molar-refractivity contribution in [1.29, 1.82) is 0 Å². The van der Waals surface area contributed by atoms with Gasteiger partial charge in [-0.1, -0.05) is 0 Å². The molecule has 0 nitrogen and oxygen atoms in total. The molecule has 0 N–H and O–H groups in total. The van der Waals surface area contributed by atoms with Crippen LogP contribution in [0.25, 0.3) is 0 Å². The van der Waals surface area contributed by atoms with Crippen molar-refractivity contribution < 1.29 is 0 Å². The van der Waals surface area contributed by atoms with Crippen LogP contribution < -0.4 is 0 Å². The van der Waals surface area contributed by atoms with E-state index in [2.05, 4.69) is 12.7 Å². The van der Waals surface area contributed by atoms with Gasteiger partial charge in [0.15, 0.2) is 0 Å². The van der Waals surface area contributed by atoms with Gasteiger partial charge in [-0.25, -0.2) is 0 Å². The van der Waals surface area contributed by atoms with Crippen LogP contribution in [-0.4, -0.2) is 7.33 Å². The van der Waals surface area contributed by atoms with Crippen LogP contribution in [0, 0.1) is 11.7 Å². The summed E-state index contributed by atoms with van der Waals surface area (Å²) in [6, 6.07) is 0. The summed E-state index contributed by atoms with van der Waals surface area (Å²) in [6.45, 7) is 4.13. The molecule has 0 saturated carbocycles. The van der Waals surface area contributed by atoms with Crippen molar-refractivity contribution >= 4 is 7.33 Å². The third-order valence-electron chi connectivity index (χ3n) is 0.897. The van der Waals surface area contributed by atoms with Gasteiger partial charge in [0.2, 0.25) is 0 Å². The van der Waals surface area contributed by atoms with Gasteiger partial charge in [-0.3, -0.25) is 0 Å². The molecule has 0 spiro atoms. The van der Waals surface area contributed by atoms with E-state index in [1.807, 2.05) is 6.92 Å². The van der Waals surface area contributed by atoms with Crippen molar-refractivity contribution in [2.24, 2.45) is 5.92 Å². The maximum atomic E-state index is 5.03. The first-order chi connectivity index (χ1) is 2.81. The molecule has 32 valence electrons. The van der Waals surface area contributed by atoms with Gasteiger partial charge in [-0.15, -0.1) is 0 Å². The van der Waals surface area contributed by atoms with Crippen molar-refractivity contribution in [3.8, 4) is 5.80 Å². The fraction of sp³-hybridized carbons (Fsp3) is 0.800. The Balaban J connectivity index is 3.04. The molecule has 6 heavy (non-hydrogen) atoms. The van der Waals surface area contributed by atoms with E-state index in [1.54, 1.807) is 0 Å². The summed E-state index contributed by atoms with van der Waals surface area (Å²) in [4.78, 5) is 0. The molecule has 0 radical (unpaired) electrons. The molecular weight excluding hydrogens is 70.9 g/mol. The fourth-order valence-electron chi connectivity index (χ4n) is 0.118. The summed E-state index contributed by atoms with van der Waals surface area (Å²) in [7, 11) is 5.03. The predicted molar refractivity (Wildman–Crippen MR) is 29.1 cm³/mol. The summed E-state index contributed by atoms with van der Waals surface area (Å²) in [6.07, 6.45) is 1.09. The molecule has 0 fully saturated rings. The Morgan fingerprint density at radius 2 is 2.33 bits per heavy atom. The van der Waals surface area contributed by atoms with Gasteiger partial charge in [-0.05, 0) is 0 Å². The van der Waals surface area contributed by atoms with Crippen molar-refractivity contribution in [1.82, 2.24) is 0 Å². The predicted octanol–water partition coefficient (Wildman–Crippen LogP) is 1.16. The van der Waals surface area contributed by atoms with Crippen LogP contribution in [0.5, 0.6) is 0 Å². The monoisotopic (exact) mass is 80.1 g/mol. The summed E-state index contributed by atoms with van der Waals surface area (Å²) in [5.41, 5.74) is 0.